The van der Waals surface area contributed by atoms with Crippen LogP contribution < -0.4 is 9.80 Å². The van der Waals surface area contributed by atoms with Gasteiger partial charge in [-0.15, -0.1) is 22.7 Å². The second kappa shape index (κ2) is 20.0. The van der Waals surface area contributed by atoms with Crippen molar-refractivity contribution >= 4 is 97.1 Å². The third-order valence-electron chi connectivity index (χ3n) is 15.3. The lowest BCUT2D eigenvalue weighted by Crippen LogP contribution is -2.12. The molecule has 2 aromatic heterocycles. The predicted molar refractivity (Wildman–Crippen MR) is 338 cm³/mol. The minimum atomic E-state index is 1.11. The largest absolute Gasteiger partial charge is 0.308 e. The first-order chi connectivity index (χ1) is 38.6. The lowest BCUT2D eigenvalue weighted by Gasteiger charge is -2.30. The highest BCUT2D eigenvalue weighted by Gasteiger charge is 2.25. The molecule has 0 unspecified atom stereocenters. The fourth-order valence-electron chi connectivity index (χ4n) is 11.7. The van der Waals surface area contributed by atoms with Gasteiger partial charge in [0.15, 0.2) is 0 Å². The van der Waals surface area contributed by atoms with Gasteiger partial charge in [0.25, 0.3) is 0 Å². The Hall–Kier alpha value is -9.32. The molecule has 2 heterocycles. The van der Waals surface area contributed by atoms with Gasteiger partial charge in [-0.2, -0.15) is 0 Å². The minimum absolute atomic E-state index is 1.11. The van der Waals surface area contributed by atoms with Gasteiger partial charge in [-0.1, -0.05) is 231 Å². The monoisotopic (exact) mass is 1030 g/mol. The van der Waals surface area contributed by atoms with Crippen molar-refractivity contribution < 1.29 is 0 Å². The maximum atomic E-state index is 2.49. The predicted octanol–water partition coefficient (Wildman–Crippen LogP) is 22.3. The zero-order chi connectivity index (χ0) is 52.1. The van der Waals surface area contributed by atoms with Gasteiger partial charge in [-0.3, -0.25) is 0 Å². The number of hydrogen-bond acceptors (Lipinski definition) is 4. The van der Waals surface area contributed by atoms with E-state index in [1.165, 1.54) is 107 Å². The second-order valence-electron chi connectivity index (χ2n) is 20.0. The first-order valence-electron chi connectivity index (χ1n) is 26.7. The number of anilines is 6. The zero-order valence-corrected chi connectivity index (χ0v) is 44.9. The zero-order valence-electron chi connectivity index (χ0n) is 43.3. The molecule has 0 saturated heterocycles. The summed E-state index contributed by atoms with van der Waals surface area (Å²) < 4.78 is 5.11. The second-order valence-corrected chi connectivity index (χ2v) is 22.1. The van der Waals surface area contributed by atoms with E-state index in [1.807, 2.05) is 22.7 Å². The summed E-state index contributed by atoms with van der Waals surface area (Å²) >= 11 is 3.78. The molecule has 2 nitrogen and oxygen atoms in total. The van der Waals surface area contributed by atoms with Crippen LogP contribution in [-0.4, -0.2) is 0 Å². The summed E-state index contributed by atoms with van der Waals surface area (Å²) in [5.74, 6) is 0. The van der Waals surface area contributed by atoms with E-state index < -0.39 is 0 Å². The third-order valence-corrected chi connectivity index (χ3v) is 17.9. The van der Waals surface area contributed by atoms with Crippen molar-refractivity contribution in [2.75, 3.05) is 9.80 Å². The molecule has 0 bridgehead atoms. The number of aryl methyl sites for hydroxylation is 2. The highest BCUT2D eigenvalue weighted by atomic mass is 32.1. The van der Waals surface area contributed by atoms with Gasteiger partial charge in [0.05, 0.1) is 32.1 Å². The number of nitrogens with zero attached hydrogens (tertiary/aromatic N) is 2. The Labute approximate surface area is 463 Å². The van der Waals surface area contributed by atoms with Crippen LogP contribution in [0.2, 0.25) is 0 Å². The molecular weight excluding hydrogens is 981 g/mol. The standard InChI is InChI=1S/C74H52N2S2/c1-49-47-55(75(67-39-17-15-31-59(67)51-23-7-3-8-24-51)69-41-21-37-65-63-35-19-33-61(71(63)77-73(65)69)53-27-11-5-12-28-53)43-45-57(49)58-46-44-56(48-50(58)2)76(68-40-18-16-32-60(68)52-25-9-4-10-26-52)70-42-22-38-66-64-36-20-34-62(72(64)78-74(66)70)54-29-13-6-14-30-54/h3-48H,1-2H3. The number of hydrogen-bond donors (Lipinski definition) is 0. The van der Waals surface area contributed by atoms with Crippen LogP contribution in [0.25, 0.3) is 96.0 Å². The maximum absolute atomic E-state index is 2.49. The van der Waals surface area contributed by atoms with Crippen LogP contribution in [0.4, 0.5) is 34.1 Å². The smallest absolute Gasteiger partial charge is 0.0640 e. The van der Waals surface area contributed by atoms with E-state index in [9.17, 15) is 0 Å². The Morgan fingerprint density at radius 3 is 0.897 bits per heavy atom. The van der Waals surface area contributed by atoms with Crippen LogP contribution in [0.15, 0.2) is 279 Å². The van der Waals surface area contributed by atoms with Gasteiger partial charge in [0, 0.05) is 53.4 Å². The van der Waals surface area contributed by atoms with Gasteiger partial charge >= 0.3 is 0 Å². The molecule has 0 amide bonds. The van der Waals surface area contributed by atoms with E-state index in [1.54, 1.807) is 0 Å². The molecule has 14 rings (SSSR count). The molecule has 0 radical (unpaired) electrons. The van der Waals surface area contributed by atoms with Crippen molar-refractivity contribution in [3.63, 3.8) is 0 Å². The van der Waals surface area contributed by atoms with E-state index >= 15 is 0 Å². The van der Waals surface area contributed by atoms with E-state index in [0.29, 0.717) is 0 Å². The first-order valence-corrected chi connectivity index (χ1v) is 28.3. The average molecular weight is 1030 g/mol. The van der Waals surface area contributed by atoms with Crippen LogP contribution in [0.5, 0.6) is 0 Å². The van der Waals surface area contributed by atoms with Gasteiger partial charge in [0.1, 0.15) is 0 Å². The summed E-state index contributed by atoms with van der Waals surface area (Å²) in [6, 6.07) is 102. The van der Waals surface area contributed by atoms with Crippen LogP contribution >= 0.6 is 22.7 Å². The summed E-state index contributed by atoms with van der Waals surface area (Å²) in [6.45, 7) is 4.54. The molecular formula is C74H52N2S2. The highest BCUT2D eigenvalue weighted by molar-refractivity contribution is 7.27. The van der Waals surface area contributed by atoms with Crippen molar-refractivity contribution in [3.05, 3.63) is 290 Å². The molecule has 4 heteroatoms. The van der Waals surface area contributed by atoms with Crippen LogP contribution in [0, 0.1) is 13.8 Å². The Morgan fingerprint density at radius 1 is 0.231 bits per heavy atom. The molecule has 0 N–H and O–H groups in total. The van der Waals surface area contributed by atoms with E-state index in [4.69, 9.17) is 0 Å². The minimum Gasteiger partial charge on any atom is -0.308 e. The number of benzene rings is 12. The Morgan fingerprint density at radius 2 is 0.526 bits per heavy atom. The van der Waals surface area contributed by atoms with Crippen LogP contribution in [0.3, 0.4) is 0 Å². The molecule has 0 aliphatic rings. The van der Waals surface area contributed by atoms with E-state index in [2.05, 4.69) is 303 Å². The summed E-state index contributed by atoms with van der Waals surface area (Å²) in [6.07, 6.45) is 0. The van der Waals surface area contributed by atoms with Crippen molar-refractivity contribution in [2.45, 2.75) is 13.8 Å². The molecule has 0 aliphatic carbocycles. The molecule has 0 spiro atoms. The summed E-state index contributed by atoms with van der Waals surface area (Å²) in [5, 5.41) is 5.08. The fourth-order valence-corrected chi connectivity index (χ4v) is 14.4. The molecule has 0 atom stereocenters. The molecule has 0 saturated carbocycles. The molecule has 12 aromatic carbocycles. The number of para-hydroxylation sites is 2. The Kier molecular flexibility index (Phi) is 12.1. The van der Waals surface area contributed by atoms with Gasteiger partial charge in [0.2, 0.25) is 0 Å². The number of fused-ring (bicyclic) bond motifs is 6. The lowest BCUT2D eigenvalue weighted by molar-refractivity contribution is 1.27. The van der Waals surface area contributed by atoms with E-state index in [0.717, 1.165) is 34.1 Å². The first kappa shape index (κ1) is 47.2. The highest BCUT2D eigenvalue weighted by Crippen LogP contribution is 2.52. The summed E-state index contributed by atoms with van der Waals surface area (Å²) in [5.41, 5.74) is 21.3. The van der Waals surface area contributed by atoms with Crippen LogP contribution in [-0.2, 0) is 0 Å². The number of thiophene rings is 2. The number of rotatable bonds is 11. The van der Waals surface area contributed by atoms with Crippen molar-refractivity contribution in [3.8, 4) is 55.6 Å². The maximum Gasteiger partial charge on any atom is 0.0640 e. The van der Waals surface area contributed by atoms with Crippen molar-refractivity contribution in [2.24, 2.45) is 0 Å². The van der Waals surface area contributed by atoms with Crippen LogP contribution in [0.1, 0.15) is 11.1 Å². The fraction of sp³-hybridized carbons (Fsp3) is 0.0270. The SMILES string of the molecule is Cc1cc(N(c2ccccc2-c2ccccc2)c2cccc3c2sc2c(-c4ccccc4)cccc23)ccc1-c1ccc(N(c2ccccc2-c2ccccc2)c2cccc3c2sc2c(-c4ccccc4)cccc23)cc1C. The normalized spacial score (nSPS) is 11.5. The van der Waals surface area contributed by atoms with E-state index in [-0.39, 0.29) is 0 Å². The Balaban J connectivity index is 0.915. The summed E-state index contributed by atoms with van der Waals surface area (Å²) in [7, 11) is 0. The summed E-state index contributed by atoms with van der Waals surface area (Å²) in [4.78, 5) is 4.99. The lowest BCUT2D eigenvalue weighted by atomic mass is 9.94. The molecule has 78 heavy (non-hydrogen) atoms. The van der Waals surface area contributed by atoms with Crippen molar-refractivity contribution in [1.29, 1.82) is 0 Å². The molecule has 0 fully saturated rings. The van der Waals surface area contributed by atoms with Gasteiger partial charge in [-0.25, -0.2) is 0 Å². The van der Waals surface area contributed by atoms with Gasteiger partial charge < -0.3 is 9.80 Å². The molecule has 0 aliphatic heterocycles. The van der Waals surface area contributed by atoms with Gasteiger partial charge in [-0.05, 0) is 118 Å². The van der Waals surface area contributed by atoms with Crippen molar-refractivity contribution in [1.82, 2.24) is 0 Å². The quantitative estimate of drug-likeness (QED) is 0.127. The average Bonchev–Trinajstić information content (AvgIpc) is 4.27. The Bertz CT molecular complexity index is 4230. The molecule has 370 valence electrons. The topological polar surface area (TPSA) is 6.48 Å². The third kappa shape index (κ3) is 8.25. The molecule has 14 aromatic rings.